The fourth-order valence-electron chi connectivity index (χ4n) is 3.11. The molecular formula is C28H26Cl2N4NiO2. The third-order valence-corrected chi connectivity index (χ3v) is 5.31. The van der Waals surface area contributed by atoms with Crippen molar-refractivity contribution in [3.8, 4) is 11.5 Å². The molecular weight excluding hydrogens is 554 g/mol. The standard InChI is InChI=1S/2C14H13ClN2O.Ni/c2*1-10-3-2-4-13(17-10)9-16-8-11-7-12(15)5-6-14(11)18;/h2*2-8,18H,9H2,1H3;. The van der Waals surface area contributed by atoms with Crippen LogP contribution in [0.4, 0.5) is 0 Å². The topological polar surface area (TPSA) is 91.0 Å². The number of pyridine rings is 2. The van der Waals surface area contributed by atoms with E-state index in [1.54, 1.807) is 48.8 Å². The summed E-state index contributed by atoms with van der Waals surface area (Å²) in [5.74, 6) is 0.334. The fourth-order valence-corrected chi connectivity index (χ4v) is 3.47. The quantitative estimate of drug-likeness (QED) is 0.196. The molecule has 0 saturated heterocycles. The van der Waals surface area contributed by atoms with Crippen molar-refractivity contribution >= 4 is 35.6 Å². The summed E-state index contributed by atoms with van der Waals surface area (Å²) in [4.78, 5) is 17.2. The maximum absolute atomic E-state index is 9.61. The second-order valence-electron chi connectivity index (χ2n) is 7.89. The summed E-state index contributed by atoms with van der Waals surface area (Å²) >= 11 is 11.7. The number of aryl methyl sites for hydroxylation is 2. The van der Waals surface area contributed by atoms with E-state index in [1.807, 2.05) is 50.2 Å². The molecule has 2 N–H and O–H groups in total. The molecule has 37 heavy (non-hydrogen) atoms. The first-order chi connectivity index (χ1) is 17.3. The van der Waals surface area contributed by atoms with Gasteiger partial charge in [0.25, 0.3) is 0 Å². The van der Waals surface area contributed by atoms with Gasteiger partial charge in [-0.1, -0.05) is 35.3 Å². The van der Waals surface area contributed by atoms with Gasteiger partial charge in [-0.3, -0.25) is 20.0 Å². The zero-order valence-electron chi connectivity index (χ0n) is 20.3. The molecule has 0 fully saturated rings. The van der Waals surface area contributed by atoms with E-state index in [-0.39, 0.29) is 28.0 Å². The Bertz CT molecular complexity index is 1280. The van der Waals surface area contributed by atoms with Crippen LogP contribution in [0.15, 0.2) is 82.8 Å². The van der Waals surface area contributed by atoms with Crippen molar-refractivity contribution in [2.45, 2.75) is 26.9 Å². The molecule has 0 aliphatic rings. The molecule has 0 unspecified atom stereocenters. The van der Waals surface area contributed by atoms with Crippen molar-refractivity contribution in [3.05, 3.63) is 117 Å². The summed E-state index contributed by atoms with van der Waals surface area (Å²) in [6.45, 7) is 4.84. The van der Waals surface area contributed by atoms with E-state index < -0.39 is 0 Å². The Morgan fingerprint density at radius 3 is 1.46 bits per heavy atom. The van der Waals surface area contributed by atoms with E-state index >= 15 is 0 Å². The summed E-state index contributed by atoms with van der Waals surface area (Å²) < 4.78 is 0. The number of phenolic OH excluding ortho intramolecular Hbond substituents is 2. The second-order valence-corrected chi connectivity index (χ2v) is 8.76. The molecule has 0 bridgehead atoms. The van der Waals surface area contributed by atoms with Gasteiger partial charge in [0.05, 0.1) is 24.5 Å². The Morgan fingerprint density at radius 2 is 1.08 bits per heavy atom. The first-order valence-corrected chi connectivity index (χ1v) is 11.9. The van der Waals surface area contributed by atoms with Gasteiger partial charge in [-0.2, -0.15) is 0 Å². The first-order valence-electron chi connectivity index (χ1n) is 11.1. The molecule has 0 radical (unpaired) electrons. The number of phenols is 2. The Labute approximate surface area is 236 Å². The van der Waals surface area contributed by atoms with Crippen molar-refractivity contribution in [2.24, 2.45) is 9.98 Å². The van der Waals surface area contributed by atoms with Gasteiger partial charge in [0.2, 0.25) is 0 Å². The number of halogens is 2. The minimum absolute atomic E-state index is 0. The van der Waals surface area contributed by atoms with Crippen LogP contribution in [0, 0.1) is 13.8 Å². The minimum Gasteiger partial charge on any atom is -0.507 e. The van der Waals surface area contributed by atoms with Crippen LogP contribution >= 0.6 is 23.2 Å². The predicted molar refractivity (Wildman–Crippen MR) is 147 cm³/mol. The van der Waals surface area contributed by atoms with Crippen LogP contribution in [0.1, 0.15) is 33.9 Å². The van der Waals surface area contributed by atoms with Crippen LogP contribution in [0.25, 0.3) is 0 Å². The van der Waals surface area contributed by atoms with Crippen LogP contribution in [0.3, 0.4) is 0 Å². The molecule has 0 amide bonds. The number of aromatic hydroxyl groups is 2. The molecule has 6 nitrogen and oxygen atoms in total. The van der Waals surface area contributed by atoms with Gasteiger partial charge >= 0.3 is 0 Å². The van der Waals surface area contributed by atoms with Gasteiger partial charge in [0.15, 0.2) is 0 Å². The molecule has 0 aliphatic carbocycles. The van der Waals surface area contributed by atoms with Crippen LogP contribution < -0.4 is 0 Å². The van der Waals surface area contributed by atoms with Gasteiger partial charge in [0.1, 0.15) is 11.5 Å². The number of aliphatic imine (C=N–C) groups is 2. The van der Waals surface area contributed by atoms with Crippen LogP contribution in [-0.4, -0.2) is 32.6 Å². The zero-order chi connectivity index (χ0) is 25.9. The van der Waals surface area contributed by atoms with Gasteiger partial charge in [-0.15, -0.1) is 0 Å². The van der Waals surface area contributed by atoms with Crippen LogP contribution in [0.5, 0.6) is 11.5 Å². The van der Waals surface area contributed by atoms with Crippen molar-refractivity contribution in [3.63, 3.8) is 0 Å². The molecule has 0 spiro atoms. The van der Waals surface area contributed by atoms with E-state index in [0.29, 0.717) is 34.3 Å². The summed E-state index contributed by atoms with van der Waals surface area (Å²) in [6, 6.07) is 21.3. The zero-order valence-corrected chi connectivity index (χ0v) is 22.8. The third-order valence-electron chi connectivity index (χ3n) is 4.84. The second kappa shape index (κ2) is 15.1. The smallest absolute Gasteiger partial charge is 0.124 e. The third kappa shape index (κ3) is 10.3. The molecule has 0 atom stereocenters. The van der Waals surface area contributed by atoms with E-state index in [4.69, 9.17) is 23.2 Å². The minimum atomic E-state index is 0. The van der Waals surface area contributed by atoms with Crippen molar-refractivity contribution < 1.29 is 26.7 Å². The molecule has 4 aromatic rings. The van der Waals surface area contributed by atoms with Crippen LogP contribution in [0.2, 0.25) is 10.0 Å². The fraction of sp³-hybridized carbons (Fsp3) is 0.143. The summed E-state index contributed by atoms with van der Waals surface area (Å²) in [7, 11) is 0. The van der Waals surface area contributed by atoms with Crippen molar-refractivity contribution in [2.75, 3.05) is 0 Å². The van der Waals surface area contributed by atoms with E-state index in [2.05, 4.69) is 20.0 Å². The number of hydrogen-bond donors (Lipinski definition) is 2. The molecule has 194 valence electrons. The van der Waals surface area contributed by atoms with Gasteiger partial charge in [-0.25, -0.2) is 0 Å². The monoisotopic (exact) mass is 578 g/mol. The predicted octanol–water partition coefficient (Wildman–Crippen LogP) is 6.73. The van der Waals surface area contributed by atoms with Gasteiger partial charge < -0.3 is 10.2 Å². The molecule has 4 rings (SSSR count). The average Bonchev–Trinajstić information content (AvgIpc) is 2.84. The van der Waals surface area contributed by atoms with E-state index in [1.165, 1.54) is 0 Å². The van der Waals surface area contributed by atoms with E-state index in [0.717, 1.165) is 22.8 Å². The Morgan fingerprint density at radius 1 is 0.676 bits per heavy atom. The van der Waals surface area contributed by atoms with Crippen LogP contribution in [-0.2, 0) is 29.6 Å². The molecule has 2 heterocycles. The van der Waals surface area contributed by atoms with Gasteiger partial charge in [0, 0.05) is 61.5 Å². The summed E-state index contributed by atoms with van der Waals surface area (Å²) in [6.07, 6.45) is 3.20. The van der Waals surface area contributed by atoms with Gasteiger partial charge in [-0.05, 0) is 74.5 Å². The Kier molecular flexibility index (Phi) is 12.2. The molecule has 2 aromatic heterocycles. The number of rotatable bonds is 6. The number of nitrogens with zero attached hydrogens (tertiary/aromatic N) is 4. The van der Waals surface area contributed by atoms with Crippen molar-refractivity contribution in [1.29, 1.82) is 0 Å². The molecule has 2 aromatic carbocycles. The normalized spacial score (nSPS) is 10.7. The molecule has 0 saturated carbocycles. The maximum atomic E-state index is 9.61. The Balaban J connectivity index is 0.000000253. The number of aromatic nitrogens is 2. The summed E-state index contributed by atoms with van der Waals surface area (Å²) in [5, 5.41) is 20.4. The summed E-state index contributed by atoms with van der Waals surface area (Å²) in [5.41, 5.74) is 4.94. The Hall–Kier alpha value is -3.25. The maximum Gasteiger partial charge on any atom is 0.124 e. The average molecular weight is 580 g/mol. The largest absolute Gasteiger partial charge is 0.507 e. The van der Waals surface area contributed by atoms with E-state index in [9.17, 15) is 10.2 Å². The first kappa shape index (κ1) is 30.0. The number of hydrogen-bond acceptors (Lipinski definition) is 6. The SMILES string of the molecule is Cc1cccc(CN=Cc2cc(Cl)ccc2O)n1.Cc1cccc(CN=Cc2cc(Cl)ccc2O)n1.[Ni]. The van der Waals surface area contributed by atoms with Crippen molar-refractivity contribution in [1.82, 2.24) is 9.97 Å². The number of benzene rings is 2. The molecule has 9 heteroatoms. The molecule has 0 aliphatic heterocycles.